The molecule has 0 spiro atoms. The summed E-state index contributed by atoms with van der Waals surface area (Å²) in [4.78, 5) is 16.7. The third kappa shape index (κ3) is 2.84. The van der Waals surface area contributed by atoms with E-state index in [1.54, 1.807) is 10.9 Å². The van der Waals surface area contributed by atoms with Gasteiger partial charge in [-0.3, -0.25) is 14.9 Å². The summed E-state index contributed by atoms with van der Waals surface area (Å²) in [5, 5.41) is 3.08. The zero-order valence-corrected chi connectivity index (χ0v) is 11.6. The van der Waals surface area contributed by atoms with E-state index in [4.69, 9.17) is 0 Å². The maximum Gasteiger partial charge on any atom is 0.280 e. The van der Waals surface area contributed by atoms with Gasteiger partial charge in [0.1, 0.15) is 0 Å². The Bertz CT molecular complexity index is 623. The van der Waals surface area contributed by atoms with Gasteiger partial charge in [0.15, 0.2) is 0 Å². The van der Waals surface area contributed by atoms with Crippen LogP contribution >= 0.6 is 0 Å². The first-order valence-electron chi connectivity index (χ1n) is 6.53. The van der Waals surface area contributed by atoms with Gasteiger partial charge in [-0.05, 0) is 32.4 Å². The number of benzene rings is 1. The Morgan fingerprint density at radius 1 is 1.37 bits per heavy atom. The molecule has 1 atom stereocenters. The van der Waals surface area contributed by atoms with Crippen LogP contribution in [0, 0.1) is 6.92 Å². The molecule has 100 valence electrons. The fourth-order valence-corrected chi connectivity index (χ4v) is 1.78. The molecule has 1 aromatic carbocycles. The van der Waals surface area contributed by atoms with Crippen molar-refractivity contribution in [3.05, 3.63) is 51.9 Å². The van der Waals surface area contributed by atoms with Crippen LogP contribution in [0.3, 0.4) is 0 Å². The van der Waals surface area contributed by atoms with Crippen molar-refractivity contribution >= 4 is 6.21 Å². The van der Waals surface area contributed by atoms with Crippen LogP contribution in [0.4, 0.5) is 0 Å². The molecule has 0 aliphatic carbocycles. The van der Waals surface area contributed by atoms with E-state index in [-0.39, 0.29) is 11.6 Å². The minimum atomic E-state index is -0.0595. The fraction of sp³-hybridized carbons (Fsp3) is 0.333. The fourth-order valence-electron chi connectivity index (χ4n) is 1.78. The highest BCUT2D eigenvalue weighted by Crippen LogP contribution is 2.06. The van der Waals surface area contributed by atoms with Crippen LogP contribution in [0.2, 0.25) is 0 Å². The van der Waals surface area contributed by atoms with Gasteiger partial charge in [0, 0.05) is 18.0 Å². The Labute approximate surface area is 112 Å². The predicted octanol–water partition coefficient (Wildman–Crippen LogP) is 2.69. The molecule has 2 rings (SSSR count). The normalized spacial score (nSPS) is 13.0. The summed E-state index contributed by atoms with van der Waals surface area (Å²) in [6.07, 6.45) is 2.65. The van der Waals surface area contributed by atoms with Crippen molar-refractivity contribution in [2.45, 2.75) is 33.2 Å². The molecule has 2 aromatic rings. The van der Waals surface area contributed by atoms with E-state index in [1.165, 1.54) is 0 Å². The first-order chi connectivity index (χ1) is 9.13. The van der Waals surface area contributed by atoms with Crippen LogP contribution in [-0.4, -0.2) is 22.0 Å². The monoisotopic (exact) mass is 257 g/mol. The van der Waals surface area contributed by atoms with Gasteiger partial charge in [0.2, 0.25) is 0 Å². The SMILES string of the molecule is CC[C@H](C)N=Cc1c(C)[nH]n(-c2ccccc2)c1=O. The number of aromatic amines is 1. The van der Waals surface area contributed by atoms with E-state index in [0.29, 0.717) is 5.56 Å². The quantitative estimate of drug-likeness (QED) is 0.841. The zero-order chi connectivity index (χ0) is 13.8. The number of aromatic nitrogens is 2. The topological polar surface area (TPSA) is 50.1 Å². The van der Waals surface area contributed by atoms with Crippen LogP contribution in [0.5, 0.6) is 0 Å². The zero-order valence-electron chi connectivity index (χ0n) is 11.6. The average molecular weight is 257 g/mol. The van der Waals surface area contributed by atoms with Gasteiger partial charge in [-0.25, -0.2) is 4.68 Å². The number of H-pyrrole nitrogens is 1. The molecule has 0 amide bonds. The smallest absolute Gasteiger partial charge is 0.280 e. The molecule has 0 bridgehead atoms. The van der Waals surface area contributed by atoms with E-state index in [2.05, 4.69) is 17.0 Å². The Kier molecular flexibility index (Phi) is 4.00. The molecule has 0 saturated carbocycles. The second-order valence-corrected chi connectivity index (χ2v) is 4.66. The van der Waals surface area contributed by atoms with Crippen molar-refractivity contribution in [2.75, 3.05) is 0 Å². The van der Waals surface area contributed by atoms with Crippen molar-refractivity contribution in [2.24, 2.45) is 4.99 Å². The number of aliphatic imine (C=N–C) groups is 1. The number of rotatable bonds is 4. The maximum absolute atomic E-state index is 12.3. The Morgan fingerprint density at radius 2 is 2.05 bits per heavy atom. The van der Waals surface area contributed by atoms with E-state index < -0.39 is 0 Å². The van der Waals surface area contributed by atoms with Gasteiger partial charge in [0.05, 0.1) is 11.3 Å². The largest absolute Gasteiger partial charge is 0.295 e. The van der Waals surface area contributed by atoms with Crippen LogP contribution in [-0.2, 0) is 0 Å². The summed E-state index contributed by atoms with van der Waals surface area (Å²) in [6.45, 7) is 6.00. The van der Waals surface area contributed by atoms with E-state index >= 15 is 0 Å². The maximum atomic E-state index is 12.3. The van der Waals surface area contributed by atoms with E-state index in [0.717, 1.165) is 17.8 Å². The summed E-state index contributed by atoms with van der Waals surface area (Å²) < 4.78 is 1.55. The number of nitrogens with zero attached hydrogens (tertiary/aromatic N) is 2. The van der Waals surface area contributed by atoms with Gasteiger partial charge in [0.25, 0.3) is 5.56 Å². The van der Waals surface area contributed by atoms with Gasteiger partial charge in [-0.2, -0.15) is 0 Å². The second kappa shape index (κ2) is 5.69. The highest BCUT2D eigenvalue weighted by molar-refractivity contribution is 5.80. The second-order valence-electron chi connectivity index (χ2n) is 4.66. The summed E-state index contributed by atoms with van der Waals surface area (Å²) in [5.41, 5.74) is 2.24. The summed E-state index contributed by atoms with van der Waals surface area (Å²) in [7, 11) is 0. The van der Waals surface area contributed by atoms with Crippen molar-refractivity contribution in [3.8, 4) is 5.69 Å². The summed E-state index contributed by atoms with van der Waals surface area (Å²) >= 11 is 0. The van der Waals surface area contributed by atoms with Crippen molar-refractivity contribution < 1.29 is 0 Å². The lowest BCUT2D eigenvalue weighted by molar-refractivity contribution is 0.720. The molecule has 0 fully saturated rings. The third-order valence-corrected chi connectivity index (χ3v) is 3.18. The lowest BCUT2D eigenvalue weighted by Gasteiger charge is -1.99. The first-order valence-corrected chi connectivity index (χ1v) is 6.53. The molecule has 1 aromatic heterocycles. The number of aryl methyl sites for hydroxylation is 1. The van der Waals surface area contributed by atoms with Crippen molar-refractivity contribution in [1.82, 2.24) is 9.78 Å². The third-order valence-electron chi connectivity index (χ3n) is 3.18. The molecule has 4 nitrogen and oxygen atoms in total. The van der Waals surface area contributed by atoms with Gasteiger partial charge in [-0.1, -0.05) is 25.1 Å². The number of hydrogen-bond acceptors (Lipinski definition) is 2. The number of hydrogen-bond donors (Lipinski definition) is 1. The van der Waals surface area contributed by atoms with Crippen LogP contribution < -0.4 is 5.56 Å². The predicted molar refractivity (Wildman–Crippen MR) is 78.5 cm³/mol. The van der Waals surface area contributed by atoms with Crippen molar-refractivity contribution in [1.29, 1.82) is 0 Å². The van der Waals surface area contributed by atoms with Crippen LogP contribution in [0.1, 0.15) is 31.5 Å². The van der Waals surface area contributed by atoms with Crippen molar-refractivity contribution in [3.63, 3.8) is 0 Å². The first kappa shape index (κ1) is 13.3. The molecule has 1 N–H and O–H groups in total. The molecular formula is C15H19N3O. The molecule has 0 aliphatic rings. The van der Waals surface area contributed by atoms with Crippen LogP contribution in [0.15, 0.2) is 40.1 Å². The minimum absolute atomic E-state index is 0.0595. The minimum Gasteiger partial charge on any atom is -0.295 e. The highest BCUT2D eigenvalue weighted by atomic mass is 16.1. The standard InChI is InChI=1S/C15H19N3O/c1-4-11(2)16-10-14-12(3)17-18(15(14)19)13-8-6-5-7-9-13/h5-11,17H,4H2,1-3H3/t11-/m0/s1. The molecule has 19 heavy (non-hydrogen) atoms. The van der Waals surface area contributed by atoms with E-state index in [1.807, 2.05) is 44.2 Å². The highest BCUT2D eigenvalue weighted by Gasteiger charge is 2.10. The van der Waals surface area contributed by atoms with E-state index in [9.17, 15) is 4.79 Å². The molecule has 0 aliphatic heterocycles. The van der Waals surface area contributed by atoms with Gasteiger partial charge >= 0.3 is 0 Å². The Hall–Kier alpha value is -2.10. The molecule has 0 saturated heterocycles. The summed E-state index contributed by atoms with van der Waals surface area (Å²) in [5.74, 6) is 0. The Balaban J connectivity index is 2.41. The molecular weight excluding hydrogens is 238 g/mol. The number of para-hydroxylation sites is 1. The Morgan fingerprint density at radius 3 is 2.68 bits per heavy atom. The lowest BCUT2D eigenvalue weighted by atomic mass is 10.2. The van der Waals surface area contributed by atoms with Crippen LogP contribution in [0.25, 0.3) is 5.69 Å². The molecule has 1 heterocycles. The summed E-state index contributed by atoms with van der Waals surface area (Å²) in [6, 6.07) is 9.77. The number of nitrogens with one attached hydrogen (secondary N) is 1. The molecule has 0 unspecified atom stereocenters. The molecule has 4 heteroatoms. The van der Waals surface area contributed by atoms with Gasteiger partial charge < -0.3 is 0 Å². The molecule has 0 radical (unpaired) electrons. The van der Waals surface area contributed by atoms with Gasteiger partial charge in [-0.15, -0.1) is 0 Å². The average Bonchev–Trinajstić information content (AvgIpc) is 2.72. The lowest BCUT2D eigenvalue weighted by Crippen LogP contribution is -2.17.